The van der Waals surface area contributed by atoms with Gasteiger partial charge in [-0.05, 0) is 19.8 Å². The Morgan fingerprint density at radius 3 is 2.54 bits per heavy atom. The third kappa shape index (κ3) is 3.86. The summed E-state index contributed by atoms with van der Waals surface area (Å²) in [5.74, 6) is -4.37. The molecule has 0 aromatic rings. The van der Waals surface area contributed by atoms with Crippen LogP contribution in [0.25, 0.3) is 0 Å². The van der Waals surface area contributed by atoms with Crippen LogP contribution in [0.15, 0.2) is 12.2 Å². The Balaban J connectivity index is 2.55. The lowest BCUT2D eigenvalue weighted by Gasteiger charge is -2.40. The van der Waals surface area contributed by atoms with Crippen LogP contribution in [-0.4, -0.2) is 63.1 Å². The number of aliphatic hydroxyl groups excluding tert-OH is 2. The Bertz CT molecular complexity index is 657. The molecule has 1 saturated heterocycles. The summed E-state index contributed by atoms with van der Waals surface area (Å²) < 4.78 is 10.9. The van der Waals surface area contributed by atoms with E-state index in [2.05, 4.69) is 6.58 Å². The molecule has 2 aliphatic rings. The van der Waals surface area contributed by atoms with E-state index in [-0.39, 0.29) is 12.0 Å². The minimum atomic E-state index is -2.33. The molecule has 2 rings (SSSR count). The van der Waals surface area contributed by atoms with Gasteiger partial charge in [-0.2, -0.15) is 0 Å². The molecule has 1 aliphatic heterocycles. The fraction of sp³-hybridized carbons (Fsp3) is 0.750. The van der Waals surface area contributed by atoms with Crippen molar-refractivity contribution in [3.8, 4) is 0 Å². The zero-order valence-corrected chi connectivity index (χ0v) is 16.8. The third-order valence-corrected chi connectivity index (χ3v) is 6.03. The van der Waals surface area contributed by atoms with E-state index in [4.69, 9.17) is 9.47 Å². The summed E-state index contributed by atoms with van der Waals surface area (Å²) in [6, 6.07) is 0. The van der Waals surface area contributed by atoms with Crippen LogP contribution in [0.1, 0.15) is 47.0 Å². The Hall–Kier alpha value is -1.77. The van der Waals surface area contributed by atoms with Crippen molar-refractivity contribution in [1.82, 2.24) is 0 Å². The lowest BCUT2D eigenvalue weighted by Crippen LogP contribution is -2.61. The molecule has 0 radical (unpaired) electrons. The Morgan fingerprint density at radius 2 is 2.00 bits per heavy atom. The van der Waals surface area contributed by atoms with Crippen LogP contribution in [0.3, 0.4) is 0 Å². The summed E-state index contributed by atoms with van der Waals surface area (Å²) in [6.45, 7) is 9.99. The van der Waals surface area contributed by atoms with Crippen LogP contribution in [0, 0.1) is 17.8 Å². The number of carbonyl (C=O) groups is 3. The predicted octanol–water partition coefficient (Wildman–Crippen LogP) is 0.514. The van der Waals surface area contributed by atoms with Gasteiger partial charge in [0.2, 0.25) is 0 Å². The van der Waals surface area contributed by atoms with Gasteiger partial charge in [-0.15, -0.1) is 0 Å². The van der Waals surface area contributed by atoms with Crippen LogP contribution in [0.4, 0.5) is 0 Å². The average Bonchev–Trinajstić information content (AvgIpc) is 2.87. The van der Waals surface area contributed by atoms with E-state index in [1.807, 2.05) is 0 Å². The molecule has 8 nitrogen and oxygen atoms in total. The molecule has 8 atom stereocenters. The molecule has 1 heterocycles. The summed E-state index contributed by atoms with van der Waals surface area (Å²) >= 11 is 0. The van der Waals surface area contributed by atoms with E-state index in [0.29, 0.717) is 6.42 Å². The van der Waals surface area contributed by atoms with Gasteiger partial charge in [-0.1, -0.05) is 27.4 Å². The average molecular weight is 398 g/mol. The SMILES string of the molecule is C=C1C(=O)O[C@@H]2[C@H]1C[C@@H](O)[C@H](C)[C@@](O)(C(=O)C[C@H](C)O)[C@H]2OC(=O)[C@@H](C)CC. The number of aliphatic hydroxyl groups is 3. The number of esters is 2. The molecule has 158 valence electrons. The molecule has 0 bridgehead atoms. The molecule has 2 fully saturated rings. The molecule has 0 unspecified atom stereocenters. The summed E-state index contributed by atoms with van der Waals surface area (Å²) in [5, 5.41) is 31.7. The van der Waals surface area contributed by atoms with Crippen LogP contribution in [0.5, 0.6) is 0 Å². The highest BCUT2D eigenvalue weighted by Gasteiger charge is 2.62. The maximum Gasteiger partial charge on any atom is 0.334 e. The van der Waals surface area contributed by atoms with E-state index < -0.39 is 71.9 Å². The highest BCUT2D eigenvalue weighted by atomic mass is 16.6. The number of carbonyl (C=O) groups excluding carboxylic acids is 3. The maximum atomic E-state index is 12.9. The quantitative estimate of drug-likeness (QED) is 0.436. The van der Waals surface area contributed by atoms with Gasteiger partial charge in [0.15, 0.2) is 17.5 Å². The molecule has 8 heteroatoms. The predicted molar refractivity (Wildman–Crippen MR) is 97.9 cm³/mol. The fourth-order valence-electron chi connectivity index (χ4n) is 3.86. The van der Waals surface area contributed by atoms with Crippen molar-refractivity contribution in [2.24, 2.45) is 17.8 Å². The summed E-state index contributed by atoms with van der Waals surface area (Å²) in [7, 11) is 0. The highest BCUT2D eigenvalue weighted by Crippen LogP contribution is 2.45. The van der Waals surface area contributed by atoms with Gasteiger partial charge in [0.1, 0.15) is 6.10 Å². The van der Waals surface area contributed by atoms with Crippen molar-refractivity contribution < 1.29 is 39.2 Å². The number of ether oxygens (including phenoxy) is 2. The van der Waals surface area contributed by atoms with E-state index >= 15 is 0 Å². The molecule has 1 saturated carbocycles. The molecule has 3 N–H and O–H groups in total. The summed E-state index contributed by atoms with van der Waals surface area (Å²) in [5.41, 5.74) is -2.22. The first-order valence-electron chi connectivity index (χ1n) is 9.67. The zero-order chi connectivity index (χ0) is 21.4. The van der Waals surface area contributed by atoms with Crippen molar-refractivity contribution in [3.63, 3.8) is 0 Å². The van der Waals surface area contributed by atoms with E-state index in [1.165, 1.54) is 13.8 Å². The van der Waals surface area contributed by atoms with Crippen molar-refractivity contribution >= 4 is 17.7 Å². The fourth-order valence-corrected chi connectivity index (χ4v) is 3.86. The number of hydrogen-bond donors (Lipinski definition) is 3. The second-order valence-electron chi connectivity index (χ2n) is 8.06. The van der Waals surface area contributed by atoms with Gasteiger partial charge >= 0.3 is 11.9 Å². The standard InChI is InChI=1S/C20H30O8/c1-6-9(2)18(24)28-17-16-13(11(4)19(25)27-16)8-14(22)12(5)20(17,26)15(23)7-10(3)21/h9-10,12-14,16-17,21-22,26H,4,6-8H2,1-3,5H3/t9-,10-,12-,13-,14+,16+,17-,20+/m0/s1. The minimum Gasteiger partial charge on any atom is -0.455 e. The Morgan fingerprint density at radius 1 is 1.39 bits per heavy atom. The molecule has 0 amide bonds. The van der Waals surface area contributed by atoms with Gasteiger partial charge in [-0.3, -0.25) is 9.59 Å². The normalized spacial score (nSPS) is 37.5. The van der Waals surface area contributed by atoms with Crippen molar-refractivity contribution in [2.45, 2.75) is 77.0 Å². The number of Topliss-reactive ketones (excluding diaryl/α,β-unsaturated/α-hetero) is 1. The van der Waals surface area contributed by atoms with Gasteiger partial charge in [0.05, 0.1) is 18.1 Å². The van der Waals surface area contributed by atoms with Crippen molar-refractivity contribution in [2.75, 3.05) is 0 Å². The topological polar surface area (TPSA) is 130 Å². The van der Waals surface area contributed by atoms with Gasteiger partial charge in [-0.25, -0.2) is 4.79 Å². The summed E-state index contributed by atoms with van der Waals surface area (Å²) in [4.78, 5) is 37.5. The summed E-state index contributed by atoms with van der Waals surface area (Å²) in [6.07, 6.45) is -4.78. The van der Waals surface area contributed by atoms with Crippen molar-refractivity contribution in [1.29, 1.82) is 0 Å². The molecular formula is C20H30O8. The van der Waals surface area contributed by atoms with Crippen LogP contribution in [-0.2, 0) is 23.9 Å². The minimum absolute atomic E-state index is 0.0259. The first-order chi connectivity index (χ1) is 12.9. The second-order valence-corrected chi connectivity index (χ2v) is 8.06. The second kappa shape index (κ2) is 8.31. The van der Waals surface area contributed by atoms with Crippen LogP contribution < -0.4 is 0 Å². The van der Waals surface area contributed by atoms with Gasteiger partial charge < -0.3 is 24.8 Å². The number of hydrogen-bond acceptors (Lipinski definition) is 8. The Labute approximate surface area is 164 Å². The smallest absolute Gasteiger partial charge is 0.334 e. The molecule has 28 heavy (non-hydrogen) atoms. The molecular weight excluding hydrogens is 368 g/mol. The largest absolute Gasteiger partial charge is 0.455 e. The number of rotatable bonds is 6. The molecule has 0 aromatic carbocycles. The third-order valence-electron chi connectivity index (χ3n) is 6.03. The number of ketones is 1. The van der Waals surface area contributed by atoms with E-state index in [0.717, 1.165) is 0 Å². The van der Waals surface area contributed by atoms with E-state index in [9.17, 15) is 29.7 Å². The first kappa shape index (κ1) is 22.5. The molecule has 0 aromatic heterocycles. The monoisotopic (exact) mass is 398 g/mol. The Kier molecular flexibility index (Phi) is 6.68. The zero-order valence-electron chi connectivity index (χ0n) is 16.8. The highest BCUT2D eigenvalue weighted by molar-refractivity contribution is 5.92. The number of fused-ring (bicyclic) bond motifs is 1. The van der Waals surface area contributed by atoms with Crippen LogP contribution >= 0.6 is 0 Å². The maximum absolute atomic E-state index is 12.9. The van der Waals surface area contributed by atoms with Crippen LogP contribution in [0.2, 0.25) is 0 Å². The first-order valence-corrected chi connectivity index (χ1v) is 9.67. The molecule has 0 spiro atoms. The lowest BCUT2D eigenvalue weighted by molar-refractivity contribution is -0.202. The van der Waals surface area contributed by atoms with Gasteiger partial charge in [0, 0.05) is 23.8 Å². The van der Waals surface area contributed by atoms with E-state index in [1.54, 1.807) is 13.8 Å². The van der Waals surface area contributed by atoms with Gasteiger partial charge in [0.25, 0.3) is 0 Å². The molecule has 1 aliphatic carbocycles. The van der Waals surface area contributed by atoms with Crippen molar-refractivity contribution in [3.05, 3.63) is 12.2 Å². The lowest BCUT2D eigenvalue weighted by atomic mass is 9.75.